The van der Waals surface area contributed by atoms with E-state index in [1.54, 1.807) is 14.2 Å². The minimum Gasteiger partial charge on any atom is -0.493 e. The van der Waals surface area contributed by atoms with Crippen molar-refractivity contribution in [2.45, 2.75) is 13.0 Å². The highest BCUT2D eigenvalue weighted by Gasteiger charge is 2.17. The van der Waals surface area contributed by atoms with E-state index < -0.39 is 0 Å². The first-order valence-electron chi connectivity index (χ1n) is 8.58. The third kappa shape index (κ3) is 4.37. The molecule has 0 amide bonds. The Bertz CT molecular complexity index is 689. The molecule has 0 N–H and O–H groups in total. The summed E-state index contributed by atoms with van der Waals surface area (Å²) in [6, 6.07) is 13.8. The van der Waals surface area contributed by atoms with Crippen LogP contribution < -0.4 is 18.9 Å². The Hall–Kier alpha value is -2.40. The van der Waals surface area contributed by atoms with Crippen molar-refractivity contribution in [3.05, 3.63) is 48.0 Å². The van der Waals surface area contributed by atoms with Gasteiger partial charge >= 0.3 is 0 Å². The monoisotopic (exact) mass is 343 g/mol. The van der Waals surface area contributed by atoms with Crippen LogP contribution in [-0.2, 0) is 6.54 Å². The van der Waals surface area contributed by atoms with Gasteiger partial charge in [-0.15, -0.1) is 0 Å². The molecule has 0 aromatic heterocycles. The molecule has 0 atom stereocenters. The highest BCUT2D eigenvalue weighted by atomic mass is 16.5. The van der Waals surface area contributed by atoms with Crippen LogP contribution in [0.1, 0.15) is 12.0 Å². The highest BCUT2D eigenvalue weighted by Crippen LogP contribution is 2.33. The fourth-order valence-electron chi connectivity index (χ4n) is 3.01. The number of ether oxygens (including phenoxy) is 4. The third-order valence-corrected chi connectivity index (χ3v) is 4.27. The smallest absolute Gasteiger partial charge is 0.165 e. The second-order valence-corrected chi connectivity index (χ2v) is 5.93. The van der Waals surface area contributed by atoms with Gasteiger partial charge in [-0.1, -0.05) is 24.3 Å². The van der Waals surface area contributed by atoms with E-state index in [0.717, 1.165) is 54.6 Å². The van der Waals surface area contributed by atoms with Crippen molar-refractivity contribution in [1.29, 1.82) is 0 Å². The molecule has 5 heteroatoms. The van der Waals surface area contributed by atoms with Crippen LogP contribution in [0.25, 0.3) is 0 Å². The standard InChI is InChI=1S/C20H25NO4/c1-22-17-8-3-4-9-18(17)24-14-12-21-11-6-13-25-20-16(15-21)7-5-10-19(20)23-2/h3-5,7-10H,6,11-15H2,1-2H3. The Morgan fingerprint density at radius 1 is 0.960 bits per heavy atom. The van der Waals surface area contributed by atoms with Crippen molar-refractivity contribution in [3.63, 3.8) is 0 Å². The normalized spacial score (nSPS) is 14.6. The van der Waals surface area contributed by atoms with Crippen molar-refractivity contribution >= 4 is 0 Å². The molecule has 25 heavy (non-hydrogen) atoms. The zero-order valence-electron chi connectivity index (χ0n) is 14.9. The maximum Gasteiger partial charge on any atom is 0.165 e. The molecule has 1 aliphatic heterocycles. The summed E-state index contributed by atoms with van der Waals surface area (Å²) in [5.74, 6) is 3.20. The number of methoxy groups -OCH3 is 2. The van der Waals surface area contributed by atoms with E-state index in [4.69, 9.17) is 18.9 Å². The first-order chi connectivity index (χ1) is 12.3. The molecule has 2 aromatic rings. The van der Waals surface area contributed by atoms with Gasteiger partial charge in [0, 0.05) is 25.2 Å². The lowest BCUT2D eigenvalue weighted by Gasteiger charge is -2.27. The van der Waals surface area contributed by atoms with Gasteiger partial charge < -0.3 is 18.9 Å². The van der Waals surface area contributed by atoms with E-state index in [-0.39, 0.29) is 0 Å². The van der Waals surface area contributed by atoms with Crippen molar-refractivity contribution in [2.75, 3.05) is 40.5 Å². The minimum absolute atomic E-state index is 0.612. The lowest BCUT2D eigenvalue weighted by Crippen LogP contribution is -2.31. The van der Waals surface area contributed by atoms with Gasteiger partial charge in [0.25, 0.3) is 0 Å². The van der Waals surface area contributed by atoms with E-state index in [9.17, 15) is 0 Å². The van der Waals surface area contributed by atoms with Crippen LogP contribution in [-0.4, -0.2) is 45.4 Å². The first-order valence-corrected chi connectivity index (χ1v) is 8.58. The lowest BCUT2D eigenvalue weighted by molar-refractivity contribution is 0.170. The molecule has 1 aliphatic rings. The predicted molar refractivity (Wildman–Crippen MR) is 96.9 cm³/mol. The van der Waals surface area contributed by atoms with E-state index in [1.165, 1.54) is 0 Å². The summed E-state index contributed by atoms with van der Waals surface area (Å²) in [7, 11) is 3.33. The molecule has 3 rings (SSSR count). The number of fused-ring (bicyclic) bond motifs is 1. The average Bonchev–Trinajstić information content (AvgIpc) is 2.63. The van der Waals surface area contributed by atoms with Crippen LogP contribution in [0.2, 0.25) is 0 Å². The molecule has 0 bridgehead atoms. The summed E-state index contributed by atoms with van der Waals surface area (Å²) in [6.07, 6.45) is 0.978. The highest BCUT2D eigenvalue weighted by molar-refractivity contribution is 5.46. The number of para-hydroxylation sites is 3. The van der Waals surface area contributed by atoms with Gasteiger partial charge in [0.2, 0.25) is 0 Å². The van der Waals surface area contributed by atoms with Gasteiger partial charge in [-0.05, 0) is 24.6 Å². The van der Waals surface area contributed by atoms with Crippen LogP contribution >= 0.6 is 0 Å². The molecule has 0 saturated heterocycles. The second kappa shape index (κ2) is 8.62. The third-order valence-electron chi connectivity index (χ3n) is 4.27. The topological polar surface area (TPSA) is 40.2 Å². The number of hydrogen-bond donors (Lipinski definition) is 0. The van der Waals surface area contributed by atoms with Gasteiger partial charge in [-0.25, -0.2) is 0 Å². The van der Waals surface area contributed by atoms with E-state index in [2.05, 4.69) is 11.0 Å². The van der Waals surface area contributed by atoms with Gasteiger partial charge in [-0.2, -0.15) is 0 Å². The van der Waals surface area contributed by atoms with Gasteiger partial charge in [0.15, 0.2) is 23.0 Å². The van der Waals surface area contributed by atoms with Crippen molar-refractivity contribution in [2.24, 2.45) is 0 Å². The molecule has 2 aromatic carbocycles. The maximum absolute atomic E-state index is 5.91. The SMILES string of the molecule is COc1ccccc1OCCN1CCCOc2c(cccc2OC)C1. The fourth-order valence-corrected chi connectivity index (χ4v) is 3.01. The summed E-state index contributed by atoms with van der Waals surface area (Å²) in [5, 5.41) is 0. The Labute approximate surface area is 149 Å². The Morgan fingerprint density at radius 3 is 2.52 bits per heavy atom. The minimum atomic E-state index is 0.612. The Morgan fingerprint density at radius 2 is 1.72 bits per heavy atom. The predicted octanol–water partition coefficient (Wildman–Crippen LogP) is 3.37. The Balaban J connectivity index is 1.62. The van der Waals surface area contributed by atoms with E-state index >= 15 is 0 Å². The summed E-state index contributed by atoms with van der Waals surface area (Å²) in [4.78, 5) is 2.39. The molecule has 5 nitrogen and oxygen atoms in total. The van der Waals surface area contributed by atoms with Gasteiger partial charge in [-0.3, -0.25) is 4.90 Å². The summed E-state index contributed by atoms with van der Waals surface area (Å²) in [6.45, 7) is 3.94. The van der Waals surface area contributed by atoms with Gasteiger partial charge in [0.05, 0.1) is 20.8 Å². The molecular weight excluding hydrogens is 318 g/mol. The molecule has 1 heterocycles. The maximum atomic E-state index is 5.91. The van der Waals surface area contributed by atoms with Crippen molar-refractivity contribution < 1.29 is 18.9 Å². The average molecular weight is 343 g/mol. The number of nitrogens with zero attached hydrogens (tertiary/aromatic N) is 1. The molecule has 0 saturated carbocycles. The lowest BCUT2D eigenvalue weighted by atomic mass is 10.1. The summed E-state index contributed by atoms with van der Waals surface area (Å²) in [5.41, 5.74) is 1.15. The molecular formula is C20H25NO4. The fraction of sp³-hybridized carbons (Fsp3) is 0.400. The molecule has 134 valence electrons. The van der Waals surface area contributed by atoms with Crippen LogP contribution in [0.15, 0.2) is 42.5 Å². The largest absolute Gasteiger partial charge is 0.493 e. The van der Waals surface area contributed by atoms with Crippen LogP contribution in [0.5, 0.6) is 23.0 Å². The van der Waals surface area contributed by atoms with E-state index in [1.807, 2.05) is 36.4 Å². The second-order valence-electron chi connectivity index (χ2n) is 5.93. The zero-order valence-corrected chi connectivity index (χ0v) is 14.9. The molecule has 0 spiro atoms. The van der Waals surface area contributed by atoms with E-state index in [0.29, 0.717) is 13.2 Å². The van der Waals surface area contributed by atoms with Crippen molar-refractivity contribution in [1.82, 2.24) is 4.90 Å². The summed E-state index contributed by atoms with van der Waals surface area (Å²) >= 11 is 0. The number of hydrogen-bond acceptors (Lipinski definition) is 5. The van der Waals surface area contributed by atoms with Crippen LogP contribution in [0.3, 0.4) is 0 Å². The van der Waals surface area contributed by atoms with Crippen LogP contribution in [0.4, 0.5) is 0 Å². The molecule has 0 radical (unpaired) electrons. The Kier molecular flexibility index (Phi) is 6.01. The van der Waals surface area contributed by atoms with Crippen LogP contribution in [0, 0.1) is 0 Å². The number of benzene rings is 2. The van der Waals surface area contributed by atoms with Crippen molar-refractivity contribution in [3.8, 4) is 23.0 Å². The summed E-state index contributed by atoms with van der Waals surface area (Å²) < 4.78 is 22.6. The number of rotatable bonds is 6. The molecule has 0 aliphatic carbocycles. The molecule has 0 fully saturated rings. The van der Waals surface area contributed by atoms with Gasteiger partial charge in [0.1, 0.15) is 6.61 Å². The first kappa shape index (κ1) is 17.4. The molecule has 0 unspecified atom stereocenters. The quantitative estimate of drug-likeness (QED) is 0.804. The zero-order chi connectivity index (χ0) is 17.5.